The van der Waals surface area contributed by atoms with Crippen molar-refractivity contribution in [2.75, 3.05) is 13.6 Å². The van der Waals surface area contributed by atoms with Gasteiger partial charge in [-0.3, -0.25) is 4.79 Å². The van der Waals surface area contributed by atoms with Crippen LogP contribution < -0.4 is 16.4 Å². The highest BCUT2D eigenvalue weighted by molar-refractivity contribution is 7.18. The van der Waals surface area contributed by atoms with Crippen molar-refractivity contribution in [3.63, 3.8) is 0 Å². The molecule has 0 aliphatic carbocycles. The first kappa shape index (κ1) is 19.6. The van der Waals surface area contributed by atoms with E-state index in [1.807, 2.05) is 30.6 Å². The minimum atomic E-state index is -0.389. The van der Waals surface area contributed by atoms with Crippen molar-refractivity contribution < 1.29 is 10.1 Å². The Bertz CT molecular complexity index is 804. The summed E-state index contributed by atoms with van der Waals surface area (Å²) in [6.07, 6.45) is 2.81. The Kier molecular flexibility index (Phi) is 7.16. The Labute approximate surface area is 160 Å². The fraction of sp³-hybridized carbons (Fsp3) is 0.176. The molecule has 2 rings (SSSR count). The van der Waals surface area contributed by atoms with Gasteiger partial charge in [0.1, 0.15) is 10.0 Å². The molecule has 5 nitrogen and oxygen atoms in total. The topological polar surface area (TPSA) is 95.6 Å². The lowest BCUT2D eigenvalue weighted by atomic mass is 10.1. The number of amides is 1. The molecule has 0 aliphatic rings. The molecule has 0 fully saturated rings. The van der Waals surface area contributed by atoms with Crippen molar-refractivity contribution in [3.05, 3.63) is 61.8 Å². The average molecular weight is 398 g/mol. The van der Waals surface area contributed by atoms with Gasteiger partial charge in [-0.1, -0.05) is 41.4 Å². The number of thiophene rings is 1. The highest BCUT2D eigenvalue weighted by Gasteiger charge is 2.21. The molecule has 1 heterocycles. The minimum Gasteiger partial charge on any atom is -0.343 e. The van der Waals surface area contributed by atoms with Gasteiger partial charge in [-0.15, -0.1) is 11.3 Å². The van der Waals surface area contributed by atoms with E-state index in [1.54, 1.807) is 18.2 Å². The van der Waals surface area contributed by atoms with Crippen LogP contribution in [0.5, 0.6) is 0 Å². The molecule has 25 heavy (non-hydrogen) atoms. The Morgan fingerprint density at radius 3 is 2.76 bits per heavy atom. The standard InChI is InChI=1S/C17H18Cl2N4OS/c1-22-13(6-7-20)11-8-15(25-16(11)19)17(24)23-14(9-21)10-4-2-3-5-12(10)18/h2-8,14,20,22H,9,21H2,1H3,(H,23,24)/p+1. The van der Waals surface area contributed by atoms with Crippen LogP contribution in [0, 0.1) is 5.41 Å². The summed E-state index contributed by atoms with van der Waals surface area (Å²) >= 11 is 13.6. The number of carbonyl (C=O) groups excluding carboxylic acids is 1. The fourth-order valence-corrected chi connectivity index (χ4v) is 3.85. The van der Waals surface area contributed by atoms with Crippen LogP contribution in [-0.2, 0) is 0 Å². The third kappa shape index (κ3) is 4.68. The molecular formula is C17H19Cl2N4OS+. The highest BCUT2D eigenvalue weighted by atomic mass is 35.5. The van der Waals surface area contributed by atoms with Crippen molar-refractivity contribution in [2.24, 2.45) is 5.73 Å². The van der Waals surface area contributed by atoms with Crippen LogP contribution in [-0.4, -0.2) is 25.7 Å². The van der Waals surface area contributed by atoms with Gasteiger partial charge in [0.15, 0.2) is 0 Å². The van der Waals surface area contributed by atoms with Gasteiger partial charge >= 0.3 is 0 Å². The molecule has 1 aromatic carbocycles. The predicted octanol–water partition coefficient (Wildman–Crippen LogP) is 2.67. The Morgan fingerprint density at radius 1 is 1.44 bits per heavy atom. The van der Waals surface area contributed by atoms with E-state index in [1.165, 1.54) is 17.6 Å². The largest absolute Gasteiger partial charge is 0.343 e. The third-order valence-electron chi connectivity index (χ3n) is 3.62. The summed E-state index contributed by atoms with van der Waals surface area (Å²) in [5, 5.41) is 12.5. The van der Waals surface area contributed by atoms with Gasteiger partial charge in [-0.2, -0.15) is 0 Å². The van der Waals surface area contributed by atoms with Gasteiger partial charge in [0.05, 0.1) is 23.5 Å². The summed E-state index contributed by atoms with van der Waals surface area (Å²) in [6.45, 7) is 0.225. The van der Waals surface area contributed by atoms with Gasteiger partial charge in [0, 0.05) is 23.9 Å². The lowest BCUT2D eigenvalue weighted by Crippen LogP contribution is -2.76. The Hall–Kier alpha value is -1.70. The zero-order valence-corrected chi connectivity index (χ0v) is 15.9. The Balaban J connectivity index is 2.25. The molecule has 1 aromatic heterocycles. The monoisotopic (exact) mass is 397 g/mol. The van der Waals surface area contributed by atoms with Gasteiger partial charge in [0.2, 0.25) is 0 Å². The number of rotatable bonds is 7. The zero-order valence-electron chi connectivity index (χ0n) is 13.6. The molecule has 0 radical (unpaired) electrons. The smallest absolute Gasteiger partial charge is 0.261 e. The summed E-state index contributed by atoms with van der Waals surface area (Å²) in [7, 11) is 1.85. The fourth-order valence-electron chi connectivity index (χ4n) is 2.36. The summed E-state index contributed by atoms with van der Waals surface area (Å²) in [5.74, 6) is -0.265. The first-order chi connectivity index (χ1) is 12.0. The van der Waals surface area contributed by atoms with Crippen LogP contribution in [0.3, 0.4) is 0 Å². The second-order valence-electron chi connectivity index (χ2n) is 5.16. The molecule has 2 aromatic rings. The number of nitrogens with two attached hydrogens (primary N) is 2. The van der Waals surface area contributed by atoms with Gasteiger partial charge < -0.3 is 21.8 Å². The second kappa shape index (κ2) is 9.12. The molecule has 1 unspecified atom stereocenters. The van der Waals surface area contributed by atoms with E-state index in [9.17, 15) is 4.79 Å². The van der Waals surface area contributed by atoms with E-state index in [-0.39, 0.29) is 18.5 Å². The van der Waals surface area contributed by atoms with Crippen molar-refractivity contribution >= 4 is 52.4 Å². The molecule has 132 valence electrons. The zero-order chi connectivity index (χ0) is 18.4. The quantitative estimate of drug-likeness (QED) is 0.540. The maximum atomic E-state index is 12.6. The number of benzene rings is 1. The van der Waals surface area contributed by atoms with Crippen molar-refractivity contribution in [3.8, 4) is 0 Å². The average Bonchev–Trinajstić information content (AvgIpc) is 3.00. The number of quaternary nitrogens is 1. The summed E-state index contributed by atoms with van der Waals surface area (Å²) in [5.41, 5.74) is 8.10. The van der Waals surface area contributed by atoms with E-state index in [0.717, 1.165) is 16.8 Å². The summed E-state index contributed by atoms with van der Waals surface area (Å²) in [6, 6.07) is 8.60. The first-order valence-electron chi connectivity index (χ1n) is 7.57. The van der Waals surface area contributed by atoms with E-state index < -0.39 is 0 Å². The molecular weight excluding hydrogens is 379 g/mol. The number of carbonyl (C=O) groups is 1. The van der Waals surface area contributed by atoms with Crippen LogP contribution in [0.2, 0.25) is 9.36 Å². The molecule has 8 heteroatoms. The number of hydrogen-bond acceptors (Lipinski definition) is 4. The molecule has 0 spiro atoms. The van der Waals surface area contributed by atoms with Crippen molar-refractivity contribution in [1.82, 2.24) is 5.32 Å². The molecule has 1 amide bonds. The predicted molar refractivity (Wildman–Crippen MR) is 105 cm³/mol. The van der Waals surface area contributed by atoms with Gasteiger partial charge in [0.25, 0.3) is 5.91 Å². The normalized spacial score (nSPS) is 12.7. The van der Waals surface area contributed by atoms with E-state index in [4.69, 9.17) is 34.3 Å². The van der Waals surface area contributed by atoms with Crippen LogP contribution in [0.25, 0.3) is 5.70 Å². The first-order valence-corrected chi connectivity index (χ1v) is 9.14. The van der Waals surface area contributed by atoms with E-state index >= 15 is 0 Å². The van der Waals surface area contributed by atoms with Crippen LogP contribution >= 0.6 is 34.5 Å². The van der Waals surface area contributed by atoms with Crippen LogP contribution in [0.4, 0.5) is 0 Å². The van der Waals surface area contributed by atoms with E-state index in [2.05, 4.69) is 5.32 Å². The summed E-state index contributed by atoms with van der Waals surface area (Å²) in [4.78, 5) is 13.1. The maximum Gasteiger partial charge on any atom is 0.261 e. The molecule has 0 saturated carbocycles. The second-order valence-corrected chi connectivity index (χ2v) is 7.22. The maximum absolute atomic E-state index is 12.6. The SMILES string of the molecule is C[NH2+]C(=CC=N)c1cc(C(=O)NC(CN)c2ccccc2Cl)sc1Cl. The lowest BCUT2D eigenvalue weighted by Gasteiger charge is -2.18. The third-order valence-corrected chi connectivity index (χ3v) is 5.32. The molecule has 1 atom stereocenters. The number of allylic oxidation sites excluding steroid dienone is 1. The number of nitrogens with one attached hydrogen (secondary N) is 2. The van der Waals surface area contributed by atoms with E-state index in [0.29, 0.717) is 14.2 Å². The molecule has 0 aliphatic heterocycles. The number of halogens is 2. The summed E-state index contributed by atoms with van der Waals surface area (Å²) < 4.78 is 0.499. The Morgan fingerprint density at radius 2 is 2.16 bits per heavy atom. The van der Waals surface area contributed by atoms with Crippen molar-refractivity contribution in [2.45, 2.75) is 6.04 Å². The van der Waals surface area contributed by atoms with Crippen molar-refractivity contribution in [1.29, 1.82) is 5.41 Å². The van der Waals surface area contributed by atoms with Crippen LogP contribution in [0.1, 0.15) is 26.8 Å². The lowest BCUT2D eigenvalue weighted by molar-refractivity contribution is -0.530. The molecule has 6 N–H and O–H groups in total. The number of hydrogen-bond donors (Lipinski definition) is 4. The molecule has 0 saturated heterocycles. The molecule has 0 bridgehead atoms. The highest BCUT2D eigenvalue weighted by Crippen LogP contribution is 2.31. The van der Waals surface area contributed by atoms with Gasteiger partial charge in [-0.05, 0) is 17.7 Å². The minimum absolute atomic E-state index is 0.225. The van der Waals surface area contributed by atoms with Crippen LogP contribution in [0.15, 0.2) is 36.4 Å². The van der Waals surface area contributed by atoms with Gasteiger partial charge in [-0.25, -0.2) is 0 Å².